The second kappa shape index (κ2) is 7.49. The summed E-state index contributed by atoms with van der Waals surface area (Å²) in [4.78, 5) is 14.2. The summed E-state index contributed by atoms with van der Waals surface area (Å²) in [6, 6.07) is 16.1. The number of benzene rings is 2. The Morgan fingerprint density at radius 1 is 1.17 bits per heavy atom. The number of nitrogens with two attached hydrogens (primary N) is 1. The van der Waals surface area contributed by atoms with Crippen LogP contribution in [0.5, 0.6) is 0 Å². The van der Waals surface area contributed by atoms with E-state index in [1.165, 1.54) is 5.56 Å². The average molecular weight is 323 g/mol. The minimum absolute atomic E-state index is 0.0739. The van der Waals surface area contributed by atoms with Crippen molar-refractivity contribution in [3.05, 3.63) is 59.7 Å². The van der Waals surface area contributed by atoms with Gasteiger partial charge in [-0.2, -0.15) is 0 Å². The van der Waals surface area contributed by atoms with E-state index in [4.69, 9.17) is 5.73 Å². The molecule has 0 aromatic heterocycles. The van der Waals surface area contributed by atoms with Gasteiger partial charge >= 0.3 is 0 Å². The van der Waals surface area contributed by atoms with E-state index in [2.05, 4.69) is 36.5 Å². The van der Waals surface area contributed by atoms with Gasteiger partial charge < -0.3 is 16.0 Å². The van der Waals surface area contributed by atoms with Crippen LogP contribution in [-0.2, 0) is 11.3 Å². The molecule has 1 amide bonds. The van der Waals surface area contributed by atoms with Crippen LogP contribution < -0.4 is 11.1 Å². The van der Waals surface area contributed by atoms with Crippen molar-refractivity contribution in [2.24, 2.45) is 5.73 Å². The molecule has 1 aliphatic rings. The van der Waals surface area contributed by atoms with E-state index in [-0.39, 0.29) is 11.9 Å². The molecule has 0 spiro atoms. The molecule has 1 saturated heterocycles. The molecular weight excluding hydrogens is 298 g/mol. The second-order valence-corrected chi connectivity index (χ2v) is 6.50. The number of nitrogens with zero attached hydrogens (tertiary/aromatic N) is 1. The molecule has 1 heterocycles. The fourth-order valence-corrected chi connectivity index (χ4v) is 3.13. The van der Waals surface area contributed by atoms with Crippen LogP contribution in [0.2, 0.25) is 0 Å². The second-order valence-electron chi connectivity index (χ2n) is 6.50. The van der Waals surface area contributed by atoms with E-state index in [1.807, 2.05) is 29.2 Å². The number of anilines is 2. The fourth-order valence-electron chi connectivity index (χ4n) is 3.13. The number of aryl methyl sites for hydroxylation is 1. The number of rotatable bonds is 4. The Morgan fingerprint density at radius 2 is 2.00 bits per heavy atom. The molecule has 3 rings (SSSR count). The lowest BCUT2D eigenvalue weighted by Crippen LogP contribution is -2.41. The number of amides is 1. The van der Waals surface area contributed by atoms with Crippen molar-refractivity contribution in [2.75, 3.05) is 11.9 Å². The van der Waals surface area contributed by atoms with Crippen molar-refractivity contribution in [1.82, 2.24) is 4.90 Å². The van der Waals surface area contributed by atoms with E-state index in [0.29, 0.717) is 6.54 Å². The lowest BCUT2D eigenvalue weighted by Gasteiger charge is -2.23. The smallest absolute Gasteiger partial charge is 0.239 e. The zero-order valence-corrected chi connectivity index (χ0v) is 14.2. The molecule has 126 valence electrons. The van der Waals surface area contributed by atoms with Crippen molar-refractivity contribution in [3.63, 3.8) is 0 Å². The summed E-state index contributed by atoms with van der Waals surface area (Å²) in [5, 5.41) is 3.45. The molecule has 24 heavy (non-hydrogen) atoms. The Balaban J connectivity index is 1.73. The van der Waals surface area contributed by atoms with Crippen LogP contribution in [0.15, 0.2) is 48.5 Å². The van der Waals surface area contributed by atoms with E-state index in [1.54, 1.807) is 0 Å². The number of hydrogen-bond acceptors (Lipinski definition) is 3. The quantitative estimate of drug-likeness (QED) is 0.904. The van der Waals surface area contributed by atoms with Gasteiger partial charge in [-0.25, -0.2) is 0 Å². The van der Waals surface area contributed by atoms with Gasteiger partial charge in [-0.15, -0.1) is 0 Å². The Kier molecular flexibility index (Phi) is 5.16. The number of hydrogen-bond donors (Lipinski definition) is 2. The zero-order chi connectivity index (χ0) is 16.9. The van der Waals surface area contributed by atoms with Gasteiger partial charge in [0.2, 0.25) is 5.91 Å². The molecule has 0 aliphatic carbocycles. The highest BCUT2D eigenvalue weighted by Gasteiger charge is 2.23. The summed E-state index contributed by atoms with van der Waals surface area (Å²) >= 11 is 0. The molecule has 0 saturated carbocycles. The largest absolute Gasteiger partial charge is 0.355 e. The minimum atomic E-state index is -0.347. The van der Waals surface area contributed by atoms with E-state index in [9.17, 15) is 4.79 Å². The van der Waals surface area contributed by atoms with Crippen LogP contribution in [0.25, 0.3) is 0 Å². The molecule has 0 bridgehead atoms. The van der Waals surface area contributed by atoms with Gasteiger partial charge in [-0.05, 0) is 55.5 Å². The highest BCUT2D eigenvalue weighted by atomic mass is 16.2. The summed E-state index contributed by atoms with van der Waals surface area (Å²) in [6.07, 6.45) is 2.85. The van der Waals surface area contributed by atoms with Crippen molar-refractivity contribution < 1.29 is 4.79 Å². The first kappa shape index (κ1) is 16.5. The van der Waals surface area contributed by atoms with E-state index in [0.717, 1.165) is 42.7 Å². The van der Waals surface area contributed by atoms with Crippen molar-refractivity contribution in [3.8, 4) is 0 Å². The van der Waals surface area contributed by atoms with Gasteiger partial charge in [0.1, 0.15) is 0 Å². The third kappa shape index (κ3) is 3.95. The number of para-hydroxylation sites is 1. The SMILES string of the molecule is Cc1ccccc1Nc1cccc(CN2CCCC[C@H](N)C2=O)c1. The minimum Gasteiger partial charge on any atom is -0.355 e. The molecule has 0 radical (unpaired) electrons. The Labute approximate surface area is 143 Å². The third-order valence-corrected chi connectivity index (χ3v) is 4.55. The summed E-state index contributed by atoms with van der Waals surface area (Å²) in [5.41, 5.74) is 10.4. The van der Waals surface area contributed by atoms with Gasteiger partial charge in [-0.1, -0.05) is 30.3 Å². The molecule has 4 nitrogen and oxygen atoms in total. The summed E-state index contributed by atoms with van der Waals surface area (Å²) in [7, 11) is 0. The number of carbonyl (C=O) groups is 1. The third-order valence-electron chi connectivity index (χ3n) is 4.55. The molecule has 2 aromatic carbocycles. The number of carbonyl (C=O) groups excluding carboxylic acids is 1. The number of nitrogens with one attached hydrogen (secondary N) is 1. The Hall–Kier alpha value is -2.33. The number of likely N-dealkylation sites (tertiary alicyclic amines) is 1. The molecule has 1 fully saturated rings. The Bertz CT molecular complexity index is 714. The lowest BCUT2D eigenvalue weighted by molar-refractivity contribution is -0.132. The topological polar surface area (TPSA) is 58.4 Å². The molecule has 2 aromatic rings. The highest BCUT2D eigenvalue weighted by Crippen LogP contribution is 2.22. The van der Waals surface area contributed by atoms with Crippen LogP contribution in [0.4, 0.5) is 11.4 Å². The van der Waals surface area contributed by atoms with Gasteiger partial charge in [-0.3, -0.25) is 4.79 Å². The molecular formula is C20H25N3O. The first-order chi connectivity index (χ1) is 11.6. The van der Waals surface area contributed by atoms with Crippen molar-refractivity contribution in [2.45, 2.75) is 38.8 Å². The van der Waals surface area contributed by atoms with Crippen LogP contribution >= 0.6 is 0 Å². The van der Waals surface area contributed by atoms with Gasteiger partial charge in [0.05, 0.1) is 6.04 Å². The fraction of sp³-hybridized carbons (Fsp3) is 0.350. The molecule has 3 N–H and O–H groups in total. The maximum atomic E-state index is 12.4. The summed E-state index contributed by atoms with van der Waals surface area (Å²) in [5.74, 6) is 0.0739. The first-order valence-corrected chi connectivity index (χ1v) is 8.59. The van der Waals surface area contributed by atoms with Gasteiger partial charge in [0.15, 0.2) is 0 Å². The average Bonchev–Trinajstić information content (AvgIpc) is 2.73. The van der Waals surface area contributed by atoms with E-state index >= 15 is 0 Å². The van der Waals surface area contributed by atoms with Crippen molar-refractivity contribution >= 4 is 17.3 Å². The van der Waals surface area contributed by atoms with Crippen LogP contribution in [0, 0.1) is 6.92 Å². The van der Waals surface area contributed by atoms with Gasteiger partial charge in [0.25, 0.3) is 0 Å². The molecule has 0 unspecified atom stereocenters. The monoisotopic (exact) mass is 323 g/mol. The van der Waals surface area contributed by atoms with Gasteiger partial charge in [0, 0.05) is 24.5 Å². The molecule has 1 atom stereocenters. The maximum Gasteiger partial charge on any atom is 0.239 e. The first-order valence-electron chi connectivity index (χ1n) is 8.59. The van der Waals surface area contributed by atoms with Crippen LogP contribution in [0.3, 0.4) is 0 Å². The normalized spacial score (nSPS) is 18.3. The predicted octanol–water partition coefficient (Wildman–Crippen LogP) is 3.58. The van der Waals surface area contributed by atoms with Crippen LogP contribution in [0.1, 0.15) is 30.4 Å². The van der Waals surface area contributed by atoms with Crippen LogP contribution in [-0.4, -0.2) is 23.4 Å². The lowest BCUT2D eigenvalue weighted by atomic mass is 10.1. The molecule has 1 aliphatic heterocycles. The standard InChI is InChI=1S/C20H25N3O/c1-15-7-2-3-11-19(15)22-17-9-6-8-16(13-17)14-23-12-5-4-10-18(21)20(23)24/h2-3,6-9,11,13,18,22H,4-5,10,12,14,21H2,1H3/t18-/m0/s1. The Morgan fingerprint density at radius 3 is 2.83 bits per heavy atom. The summed E-state index contributed by atoms with van der Waals surface area (Å²) < 4.78 is 0. The van der Waals surface area contributed by atoms with E-state index < -0.39 is 0 Å². The summed E-state index contributed by atoms with van der Waals surface area (Å²) in [6.45, 7) is 3.50. The predicted molar refractivity (Wildman–Crippen MR) is 98.1 cm³/mol. The maximum absolute atomic E-state index is 12.4. The zero-order valence-electron chi connectivity index (χ0n) is 14.2. The van der Waals surface area contributed by atoms with Crippen molar-refractivity contribution in [1.29, 1.82) is 0 Å². The molecule has 4 heteroatoms. The highest BCUT2D eigenvalue weighted by molar-refractivity contribution is 5.81.